The molecule has 7 aliphatic heterocycles. The van der Waals surface area contributed by atoms with Crippen LogP contribution in [-0.4, -0.2) is 48.5 Å². The normalized spacial score (nSPS) is 55.0. The molecule has 5 unspecified atom stereocenters. The number of aliphatic hydroxyl groups excluding tert-OH is 2. The van der Waals surface area contributed by atoms with Crippen LogP contribution >= 0.6 is 23.5 Å². The number of rotatable bonds is 1. The highest BCUT2D eigenvalue weighted by molar-refractivity contribution is 7.50. The van der Waals surface area contributed by atoms with Crippen molar-refractivity contribution in [2.45, 2.75) is 36.2 Å². The van der Waals surface area contributed by atoms with Gasteiger partial charge in [0.05, 0.1) is 12.2 Å². The second-order valence-electron chi connectivity index (χ2n) is 7.44. The summed E-state index contributed by atoms with van der Waals surface area (Å²) in [5.74, 6) is -15.4. The lowest BCUT2D eigenvalue weighted by molar-refractivity contribution is -0.465. The van der Waals surface area contributed by atoms with Gasteiger partial charge in [0.25, 0.3) is 5.79 Å². The van der Waals surface area contributed by atoms with Gasteiger partial charge in [0, 0.05) is 0 Å². The summed E-state index contributed by atoms with van der Waals surface area (Å²) in [5, 5.41) is 32.3. The SMILES string of the molecule is O=c1nc2c(CO)c3n1C14O[C@]5(OP(=O)(OC5O)O1)[C@@]15OOP(=O)(O3)ON2OP(=O)(O1)O[C@@]45O. The van der Waals surface area contributed by atoms with Gasteiger partial charge >= 0.3 is 46.6 Å². The molecule has 184 valence electrons. The quantitative estimate of drug-likeness (QED) is 0.260. The van der Waals surface area contributed by atoms with Gasteiger partial charge in [-0.05, 0) is 0 Å². The third-order valence-corrected chi connectivity index (χ3v) is 9.43. The van der Waals surface area contributed by atoms with E-state index in [9.17, 15) is 33.8 Å². The lowest BCUT2D eigenvalue weighted by Crippen LogP contribution is -2.68. The standard InChI is InChI=1S/C10H6N3O18P3/c14-1-2-3-11-6(16)12-4(2)21-33(19)29-13(3)30-34(20)26-8(17)9(27-34,24-31-33)7-5(15)22-32(18,25-7)28-10(8,12)23-7/h5,14-15,17H,1H2/t5?,7-,8-,9-,10?,32?,33?,34?/m1/s1. The Morgan fingerprint density at radius 3 is 2.59 bits per heavy atom. The fourth-order valence-corrected chi connectivity index (χ4v) is 8.67. The highest BCUT2D eigenvalue weighted by Crippen LogP contribution is 2.85. The molecule has 8 rings (SSSR count). The van der Waals surface area contributed by atoms with Gasteiger partial charge < -0.3 is 19.8 Å². The largest absolute Gasteiger partial charge is 0.583 e. The minimum Gasteiger partial charge on any atom is -0.391 e. The number of aromatic nitrogens is 2. The molecule has 9 bridgehead atoms. The maximum atomic E-state index is 13.5. The molecular formula is C10H6N3O18P3. The van der Waals surface area contributed by atoms with Crippen molar-refractivity contribution in [2.75, 3.05) is 5.23 Å². The Kier molecular flexibility index (Phi) is 3.26. The molecule has 3 spiro atoms. The van der Waals surface area contributed by atoms with Crippen LogP contribution < -0.4 is 15.4 Å². The maximum Gasteiger partial charge on any atom is 0.583 e. The van der Waals surface area contributed by atoms with Crippen LogP contribution in [0, 0.1) is 0 Å². The number of ether oxygens (including phenoxy) is 1. The summed E-state index contributed by atoms with van der Waals surface area (Å²) in [5.41, 5.74) is -2.06. The summed E-state index contributed by atoms with van der Waals surface area (Å²) in [6.45, 7) is -1.06. The van der Waals surface area contributed by atoms with E-state index in [1.54, 1.807) is 0 Å². The van der Waals surface area contributed by atoms with Crippen molar-refractivity contribution in [1.82, 2.24) is 9.55 Å². The van der Waals surface area contributed by atoms with Gasteiger partial charge in [-0.2, -0.15) is 9.87 Å². The van der Waals surface area contributed by atoms with Crippen LogP contribution in [0.1, 0.15) is 5.56 Å². The molecule has 7 aliphatic rings. The number of nitrogens with zero attached hydrogens (tertiary/aromatic N) is 3. The highest BCUT2D eigenvalue weighted by Gasteiger charge is 3.02. The second-order valence-corrected chi connectivity index (χ2v) is 11.7. The van der Waals surface area contributed by atoms with Crippen LogP contribution in [0.4, 0.5) is 5.82 Å². The van der Waals surface area contributed by atoms with Gasteiger partial charge in [0.2, 0.25) is 18.0 Å². The number of anilines is 1. The lowest BCUT2D eigenvalue weighted by Gasteiger charge is -2.40. The first-order valence-electron chi connectivity index (χ1n) is 8.83. The van der Waals surface area contributed by atoms with Crippen LogP contribution in [0.5, 0.6) is 5.88 Å². The van der Waals surface area contributed by atoms with E-state index in [0.717, 1.165) is 0 Å². The number of fused-ring (bicyclic) bond motifs is 6. The Bertz CT molecular complexity index is 1450. The predicted molar refractivity (Wildman–Crippen MR) is 85.6 cm³/mol. The first-order chi connectivity index (χ1) is 15.9. The van der Waals surface area contributed by atoms with Gasteiger partial charge in [-0.1, -0.05) is 5.23 Å². The second kappa shape index (κ2) is 5.34. The zero-order chi connectivity index (χ0) is 23.7. The van der Waals surface area contributed by atoms with Crippen molar-refractivity contribution in [1.29, 1.82) is 0 Å². The van der Waals surface area contributed by atoms with Crippen molar-refractivity contribution in [3.63, 3.8) is 0 Å². The average molecular weight is 549 g/mol. The van der Waals surface area contributed by atoms with E-state index in [-0.39, 0.29) is 9.79 Å². The van der Waals surface area contributed by atoms with E-state index in [0.29, 0.717) is 0 Å². The Morgan fingerprint density at radius 1 is 1.06 bits per heavy atom. The molecule has 5 saturated heterocycles. The molecule has 0 aliphatic carbocycles. The minimum atomic E-state index is -5.28. The van der Waals surface area contributed by atoms with Crippen molar-refractivity contribution in [3.8, 4) is 5.88 Å². The monoisotopic (exact) mass is 549 g/mol. The van der Waals surface area contributed by atoms with Crippen LogP contribution in [0.2, 0.25) is 0 Å². The molecule has 24 heteroatoms. The summed E-state index contributed by atoms with van der Waals surface area (Å²) in [7, 11) is -15.5. The summed E-state index contributed by atoms with van der Waals surface area (Å²) in [6, 6.07) is 0. The molecule has 5 fully saturated rings. The van der Waals surface area contributed by atoms with Crippen LogP contribution in [0.3, 0.4) is 0 Å². The zero-order valence-corrected chi connectivity index (χ0v) is 18.1. The minimum absolute atomic E-state index is 0.0391. The number of phosphoric ester groups is 2. The fourth-order valence-electron chi connectivity index (χ4n) is 4.45. The van der Waals surface area contributed by atoms with E-state index in [1.165, 1.54) is 0 Å². The zero-order valence-electron chi connectivity index (χ0n) is 15.4. The molecule has 21 nitrogen and oxygen atoms in total. The highest BCUT2D eigenvalue weighted by atomic mass is 31.2. The number of phosphoric acid groups is 3. The molecule has 34 heavy (non-hydrogen) atoms. The summed E-state index contributed by atoms with van der Waals surface area (Å²) in [4.78, 5) is 21.8. The van der Waals surface area contributed by atoms with Crippen LogP contribution in [-0.2, 0) is 72.4 Å². The molecule has 1 aromatic heterocycles. The molecule has 8 heterocycles. The Morgan fingerprint density at radius 2 is 1.82 bits per heavy atom. The lowest BCUT2D eigenvalue weighted by atomic mass is 9.97. The summed E-state index contributed by atoms with van der Waals surface area (Å²) >= 11 is 0. The van der Waals surface area contributed by atoms with E-state index in [4.69, 9.17) is 50.7 Å². The van der Waals surface area contributed by atoms with Gasteiger partial charge in [-0.25, -0.2) is 41.2 Å². The Hall–Kier alpha value is -1.35. The summed E-state index contributed by atoms with van der Waals surface area (Å²) < 4.78 is 90.9. The van der Waals surface area contributed by atoms with E-state index in [2.05, 4.69) is 4.98 Å². The van der Waals surface area contributed by atoms with Gasteiger partial charge in [-0.15, -0.1) is 13.9 Å². The smallest absolute Gasteiger partial charge is 0.391 e. The number of aliphatic hydroxyl groups is 3. The Labute approximate surface area is 182 Å². The number of hydrogen-bond donors (Lipinski definition) is 3. The molecule has 0 amide bonds. The van der Waals surface area contributed by atoms with Crippen molar-refractivity contribution < 1.29 is 79.7 Å². The van der Waals surface area contributed by atoms with E-state index >= 15 is 0 Å². The molecule has 0 saturated carbocycles. The van der Waals surface area contributed by atoms with Crippen molar-refractivity contribution in [3.05, 3.63) is 16.0 Å². The average Bonchev–Trinajstić information content (AvgIpc) is 3.12. The first-order valence-corrected chi connectivity index (χ1v) is 13.2. The molecule has 0 aromatic carbocycles. The third-order valence-electron chi connectivity index (χ3n) is 5.69. The van der Waals surface area contributed by atoms with E-state index in [1.807, 2.05) is 0 Å². The van der Waals surface area contributed by atoms with Crippen LogP contribution in [0.15, 0.2) is 4.79 Å². The van der Waals surface area contributed by atoms with E-state index < -0.39 is 82.6 Å². The van der Waals surface area contributed by atoms with Gasteiger partial charge in [0.1, 0.15) is 0 Å². The third kappa shape index (κ3) is 1.85. The maximum absolute atomic E-state index is 13.5. The number of hydrogen-bond acceptors (Lipinski definition) is 20. The molecule has 3 N–H and O–H groups in total. The molecule has 0 radical (unpaired) electrons. The van der Waals surface area contributed by atoms with Gasteiger partial charge in [0.15, 0.2) is 0 Å². The fraction of sp³-hybridized carbons (Fsp3) is 0.600. The molecule has 8 atom stereocenters. The van der Waals surface area contributed by atoms with Gasteiger partial charge in [-0.3, -0.25) is 9.26 Å². The van der Waals surface area contributed by atoms with Crippen molar-refractivity contribution >= 4 is 29.3 Å². The Balaban J connectivity index is 1.63. The van der Waals surface area contributed by atoms with Crippen LogP contribution in [0.25, 0.3) is 0 Å². The summed E-state index contributed by atoms with van der Waals surface area (Å²) in [6.07, 6.45) is -2.54. The first kappa shape index (κ1) is 20.8. The predicted octanol–water partition coefficient (Wildman–Crippen LogP) is -1.74. The van der Waals surface area contributed by atoms with Crippen molar-refractivity contribution in [2.24, 2.45) is 0 Å². The molecule has 1 aromatic rings. The molecular weight excluding hydrogens is 543 g/mol. The topological polar surface area (TPSA) is 252 Å².